The van der Waals surface area contributed by atoms with Crippen LogP contribution in [0, 0.1) is 30.6 Å². The van der Waals surface area contributed by atoms with E-state index in [9.17, 15) is 10.2 Å². The molecule has 1 radical (unpaired) electrons. The third-order valence-electron chi connectivity index (χ3n) is 4.81. The van der Waals surface area contributed by atoms with Gasteiger partial charge >= 0.3 is 0 Å². The van der Waals surface area contributed by atoms with Crippen LogP contribution >= 0.6 is 0 Å². The zero-order chi connectivity index (χ0) is 28.0. The van der Waals surface area contributed by atoms with Crippen LogP contribution < -0.4 is 9.13 Å². The Morgan fingerprint density at radius 3 is 1.27 bits per heavy atom. The second kappa shape index (κ2) is 17.9. The molecule has 2 heterocycles. The molecule has 37 heavy (non-hydrogen) atoms. The molecule has 0 bridgehead atoms. The summed E-state index contributed by atoms with van der Waals surface area (Å²) in [4.78, 5) is 25.8. The number of rotatable bonds is 9. The Balaban J connectivity index is 0. The molecular formula is C20H34CoN8O8. The molecule has 0 aliphatic heterocycles. The van der Waals surface area contributed by atoms with Gasteiger partial charge in [-0.25, -0.2) is 18.3 Å². The fourth-order valence-electron chi connectivity index (χ4n) is 3.54. The molecule has 0 aliphatic carbocycles. The Kier molecular flexibility index (Phi) is 17.3. The van der Waals surface area contributed by atoms with E-state index in [0.717, 1.165) is 11.4 Å². The Labute approximate surface area is 224 Å². The number of aryl methyl sites for hydroxylation is 2. The van der Waals surface area contributed by atoms with E-state index < -0.39 is 22.4 Å². The average Bonchev–Trinajstić information content (AvgIpc) is 3.32. The van der Waals surface area contributed by atoms with Gasteiger partial charge in [0.1, 0.15) is 24.8 Å². The standard InChI is InChI=1S/C20H34N6O2.Co.2NO3/c1-15(19(17(3)27)25-11-9-23(5)13-25)21-7-8-22-16(2)20(18(4)28)26-12-10-24(6)14-26;;2*2-1(3)4/h9-14,17-20,27-28H,7-8H2,1-6H3;;;/q+2;;2*-1. The van der Waals surface area contributed by atoms with Gasteiger partial charge < -0.3 is 40.9 Å². The first-order chi connectivity index (χ1) is 16.7. The van der Waals surface area contributed by atoms with Gasteiger partial charge in [-0.2, -0.15) is 0 Å². The zero-order valence-corrected chi connectivity index (χ0v) is 22.5. The molecule has 0 saturated carbocycles. The minimum atomic E-state index is -1.75. The van der Waals surface area contributed by atoms with Crippen LogP contribution in [0.2, 0.25) is 0 Å². The third-order valence-corrected chi connectivity index (χ3v) is 4.81. The van der Waals surface area contributed by atoms with Crippen LogP contribution in [0.4, 0.5) is 0 Å². The van der Waals surface area contributed by atoms with E-state index in [1.54, 1.807) is 13.8 Å². The number of nitrogens with zero attached hydrogens (tertiary/aromatic N) is 8. The van der Waals surface area contributed by atoms with E-state index in [2.05, 4.69) is 9.98 Å². The summed E-state index contributed by atoms with van der Waals surface area (Å²) in [6.45, 7) is 8.49. The molecule has 2 rings (SSSR count). The molecule has 0 saturated heterocycles. The minimum absolute atomic E-state index is 0. The molecule has 2 aromatic rings. The minimum Gasteiger partial charge on any atom is -0.389 e. The van der Waals surface area contributed by atoms with Crippen molar-refractivity contribution in [3.63, 3.8) is 0 Å². The van der Waals surface area contributed by atoms with E-state index in [1.165, 1.54) is 0 Å². The number of hydrogen-bond donors (Lipinski definition) is 2. The summed E-state index contributed by atoms with van der Waals surface area (Å²) in [5, 5.41) is 49.9. The molecule has 2 aromatic heterocycles. The molecular weight excluding hydrogens is 539 g/mol. The first-order valence-corrected chi connectivity index (χ1v) is 10.7. The van der Waals surface area contributed by atoms with E-state index in [-0.39, 0.29) is 28.9 Å². The Morgan fingerprint density at radius 1 is 0.811 bits per heavy atom. The number of aromatic nitrogens is 4. The van der Waals surface area contributed by atoms with Gasteiger partial charge in [0.25, 0.3) is 0 Å². The van der Waals surface area contributed by atoms with Gasteiger partial charge in [0, 0.05) is 16.8 Å². The van der Waals surface area contributed by atoms with Gasteiger partial charge in [-0.15, -0.1) is 0 Å². The molecule has 0 amide bonds. The van der Waals surface area contributed by atoms with Gasteiger partial charge in [-0.05, 0) is 27.7 Å². The van der Waals surface area contributed by atoms with E-state index in [1.807, 2.05) is 83.7 Å². The van der Waals surface area contributed by atoms with Crippen LogP contribution in [-0.2, 0) is 30.9 Å². The first kappa shape index (κ1) is 35.7. The maximum Gasteiger partial charge on any atom is 0.244 e. The van der Waals surface area contributed by atoms with Crippen LogP contribution in [0.25, 0.3) is 0 Å². The molecule has 16 nitrogen and oxygen atoms in total. The number of hydrogen-bond acceptors (Lipinski definition) is 10. The molecule has 0 aromatic carbocycles. The largest absolute Gasteiger partial charge is 0.389 e. The summed E-state index contributed by atoms with van der Waals surface area (Å²) in [6, 6.07) is -0.396. The maximum absolute atomic E-state index is 10.2. The SMILES string of the molecule is CC(=NCCN=C(C)C(C(C)O)n1cc[n+](C)c1)C(C(C)O)n1cc[n+](C)c1.O=[N+]([O-])[O-].O=[N+]([O-])[O-].[Co]. The zero-order valence-electron chi connectivity index (χ0n) is 21.4. The molecule has 211 valence electrons. The maximum atomic E-state index is 10.2. The van der Waals surface area contributed by atoms with Gasteiger partial charge in [-0.1, -0.05) is 0 Å². The van der Waals surface area contributed by atoms with Crippen molar-refractivity contribution in [2.24, 2.45) is 24.1 Å². The number of aliphatic hydroxyl groups excluding tert-OH is 2. The molecule has 4 atom stereocenters. The summed E-state index contributed by atoms with van der Waals surface area (Å²) >= 11 is 0. The van der Waals surface area contributed by atoms with Crippen LogP contribution in [0.5, 0.6) is 0 Å². The molecule has 4 unspecified atom stereocenters. The smallest absolute Gasteiger partial charge is 0.244 e. The van der Waals surface area contributed by atoms with Gasteiger partial charge in [0.2, 0.25) is 12.7 Å². The monoisotopic (exact) mass is 573 g/mol. The predicted octanol–water partition coefficient (Wildman–Crippen LogP) is -0.0763. The summed E-state index contributed by atoms with van der Waals surface area (Å²) in [5.41, 5.74) is 1.73. The van der Waals surface area contributed by atoms with Crippen molar-refractivity contribution < 1.29 is 46.3 Å². The first-order valence-electron chi connectivity index (χ1n) is 10.7. The van der Waals surface area contributed by atoms with Crippen molar-refractivity contribution in [3.05, 3.63) is 68.1 Å². The fourth-order valence-corrected chi connectivity index (χ4v) is 3.54. The molecule has 0 spiro atoms. The quantitative estimate of drug-likeness (QED) is 0.136. The number of imidazole rings is 2. The van der Waals surface area contributed by atoms with E-state index in [4.69, 9.17) is 30.6 Å². The van der Waals surface area contributed by atoms with Crippen molar-refractivity contribution >= 4 is 11.4 Å². The van der Waals surface area contributed by atoms with Crippen molar-refractivity contribution in [1.82, 2.24) is 9.13 Å². The summed E-state index contributed by atoms with van der Waals surface area (Å²) in [5.74, 6) is 0. The topological polar surface area (TPSA) is 215 Å². The fraction of sp³-hybridized carbons (Fsp3) is 0.600. The normalized spacial score (nSPS) is 14.5. The number of aliphatic hydroxyl groups is 2. The van der Waals surface area contributed by atoms with E-state index >= 15 is 0 Å². The van der Waals surface area contributed by atoms with Crippen LogP contribution in [0.1, 0.15) is 39.8 Å². The van der Waals surface area contributed by atoms with Gasteiger partial charge in [0.15, 0.2) is 12.1 Å². The summed E-state index contributed by atoms with van der Waals surface area (Å²) in [6.07, 6.45) is 10.5. The van der Waals surface area contributed by atoms with Crippen molar-refractivity contribution in [2.75, 3.05) is 13.1 Å². The second-order valence-electron chi connectivity index (χ2n) is 7.92. The van der Waals surface area contributed by atoms with Crippen molar-refractivity contribution in [1.29, 1.82) is 0 Å². The predicted molar refractivity (Wildman–Crippen MR) is 129 cm³/mol. The summed E-state index contributed by atoms with van der Waals surface area (Å²) < 4.78 is 7.81. The Hall–Kier alpha value is -3.41. The molecule has 0 aliphatic rings. The second-order valence-corrected chi connectivity index (χ2v) is 7.92. The number of aliphatic imine (C=N–C) groups is 2. The Bertz CT molecular complexity index is 933. The van der Waals surface area contributed by atoms with Crippen molar-refractivity contribution in [2.45, 2.75) is 52.0 Å². The van der Waals surface area contributed by atoms with Gasteiger partial charge in [-0.3, -0.25) is 9.98 Å². The van der Waals surface area contributed by atoms with Crippen LogP contribution in [0.3, 0.4) is 0 Å². The molecule has 2 N–H and O–H groups in total. The van der Waals surface area contributed by atoms with Gasteiger partial charge in [0.05, 0.1) is 61.0 Å². The van der Waals surface area contributed by atoms with Crippen LogP contribution in [-0.4, -0.2) is 66.2 Å². The summed E-state index contributed by atoms with van der Waals surface area (Å²) in [7, 11) is 3.89. The average molecular weight is 573 g/mol. The molecule has 17 heteroatoms. The third kappa shape index (κ3) is 14.7. The van der Waals surface area contributed by atoms with Crippen LogP contribution in [0.15, 0.2) is 47.4 Å². The molecule has 0 fully saturated rings. The van der Waals surface area contributed by atoms with E-state index in [0.29, 0.717) is 13.1 Å². The Morgan fingerprint density at radius 2 is 1.08 bits per heavy atom. The van der Waals surface area contributed by atoms with Crippen molar-refractivity contribution in [3.8, 4) is 0 Å².